The highest BCUT2D eigenvalue weighted by molar-refractivity contribution is 5.86. The lowest BCUT2D eigenvalue weighted by molar-refractivity contribution is -0.157. The second-order valence-corrected chi connectivity index (χ2v) is 7.69. The molecule has 0 bridgehead atoms. The lowest BCUT2D eigenvalue weighted by Gasteiger charge is -2.45. The van der Waals surface area contributed by atoms with Crippen molar-refractivity contribution in [1.82, 2.24) is 5.32 Å². The number of amides is 1. The molecule has 1 aliphatic carbocycles. The number of methoxy groups -OCH3 is 1. The first-order chi connectivity index (χ1) is 8.03. The number of nitrogens with one attached hydrogen (secondary N) is 1. The summed E-state index contributed by atoms with van der Waals surface area (Å²) in [5.41, 5.74) is -0.492. The van der Waals surface area contributed by atoms with Crippen LogP contribution in [-0.2, 0) is 9.53 Å². The standard InChI is InChI=1S/C15H29NO2/c1-13(2,3)11(14(4,5)6)16-12(17)15(18-7)9-8-10-15/h11H,8-10H2,1-7H3,(H,16,17). The Morgan fingerprint density at radius 2 is 1.56 bits per heavy atom. The van der Waals surface area contributed by atoms with Crippen molar-refractivity contribution in [3.8, 4) is 0 Å². The van der Waals surface area contributed by atoms with Crippen molar-refractivity contribution in [3.63, 3.8) is 0 Å². The Kier molecular flexibility index (Phi) is 4.16. The Morgan fingerprint density at radius 1 is 1.11 bits per heavy atom. The fourth-order valence-corrected chi connectivity index (χ4v) is 3.02. The van der Waals surface area contributed by atoms with E-state index < -0.39 is 5.60 Å². The van der Waals surface area contributed by atoms with Crippen LogP contribution in [0.25, 0.3) is 0 Å². The summed E-state index contributed by atoms with van der Waals surface area (Å²) in [4.78, 5) is 12.4. The third kappa shape index (κ3) is 3.05. The second kappa shape index (κ2) is 4.84. The predicted octanol–water partition coefficient (Wildman–Crippen LogP) is 3.13. The van der Waals surface area contributed by atoms with Gasteiger partial charge in [-0.05, 0) is 30.1 Å². The molecule has 0 saturated heterocycles. The maximum Gasteiger partial charge on any atom is 0.252 e. The van der Waals surface area contributed by atoms with E-state index >= 15 is 0 Å². The first-order valence-corrected chi connectivity index (χ1v) is 6.89. The molecule has 0 unspecified atom stereocenters. The number of ether oxygens (including phenoxy) is 1. The minimum absolute atomic E-state index is 0.0343. The molecule has 1 N–H and O–H groups in total. The van der Waals surface area contributed by atoms with E-state index in [-0.39, 0.29) is 22.8 Å². The van der Waals surface area contributed by atoms with Gasteiger partial charge in [0.05, 0.1) is 0 Å². The molecule has 1 aliphatic rings. The van der Waals surface area contributed by atoms with Crippen molar-refractivity contribution in [2.75, 3.05) is 7.11 Å². The minimum atomic E-state index is -0.561. The summed E-state index contributed by atoms with van der Waals surface area (Å²) in [6, 6.07) is 0.130. The van der Waals surface area contributed by atoms with Crippen molar-refractivity contribution in [2.45, 2.75) is 72.4 Å². The van der Waals surface area contributed by atoms with Crippen LogP contribution >= 0.6 is 0 Å². The van der Waals surface area contributed by atoms with Crippen LogP contribution in [0, 0.1) is 10.8 Å². The number of rotatable bonds is 3. The SMILES string of the molecule is COC1(C(=O)NC(C(C)(C)C)C(C)(C)C)CCC1. The largest absolute Gasteiger partial charge is 0.368 e. The molecule has 1 amide bonds. The van der Waals surface area contributed by atoms with Crippen molar-refractivity contribution in [3.05, 3.63) is 0 Å². The summed E-state index contributed by atoms with van der Waals surface area (Å²) in [7, 11) is 1.64. The summed E-state index contributed by atoms with van der Waals surface area (Å²) in [5, 5.41) is 3.23. The van der Waals surface area contributed by atoms with Crippen LogP contribution in [0.15, 0.2) is 0 Å². The van der Waals surface area contributed by atoms with Crippen LogP contribution in [0.3, 0.4) is 0 Å². The molecule has 0 aromatic carbocycles. The normalized spacial score (nSPS) is 19.6. The number of carbonyl (C=O) groups is 1. The van der Waals surface area contributed by atoms with E-state index in [1.807, 2.05) is 0 Å². The lowest BCUT2D eigenvalue weighted by Crippen LogP contribution is -2.60. The first kappa shape index (κ1) is 15.5. The summed E-state index contributed by atoms with van der Waals surface area (Å²) in [6.07, 6.45) is 2.77. The second-order valence-electron chi connectivity index (χ2n) is 7.69. The Bertz CT molecular complexity index is 286. The van der Waals surface area contributed by atoms with Crippen molar-refractivity contribution < 1.29 is 9.53 Å². The fourth-order valence-electron chi connectivity index (χ4n) is 3.02. The van der Waals surface area contributed by atoms with E-state index in [1.165, 1.54) is 0 Å². The van der Waals surface area contributed by atoms with Gasteiger partial charge in [-0.2, -0.15) is 0 Å². The number of carbonyl (C=O) groups excluding carboxylic acids is 1. The molecule has 106 valence electrons. The Balaban J connectivity index is 2.82. The molecule has 3 heteroatoms. The van der Waals surface area contributed by atoms with Crippen LogP contribution in [0.2, 0.25) is 0 Å². The molecular formula is C15H29NO2. The Morgan fingerprint density at radius 3 is 1.78 bits per heavy atom. The molecular weight excluding hydrogens is 226 g/mol. The van der Waals surface area contributed by atoms with Gasteiger partial charge in [-0.3, -0.25) is 4.79 Å². The van der Waals surface area contributed by atoms with Gasteiger partial charge in [-0.15, -0.1) is 0 Å². The molecule has 0 radical (unpaired) electrons. The summed E-state index contributed by atoms with van der Waals surface area (Å²) >= 11 is 0. The molecule has 1 rings (SSSR count). The highest BCUT2D eigenvalue weighted by Gasteiger charge is 2.47. The number of hydrogen-bond donors (Lipinski definition) is 1. The quantitative estimate of drug-likeness (QED) is 0.841. The average Bonchev–Trinajstić information content (AvgIpc) is 2.09. The minimum Gasteiger partial charge on any atom is -0.368 e. The van der Waals surface area contributed by atoms with Gasteiger partial charge < -0.3 is 10.1 Å². The van der Waals surface area contributed by atoms with E-state index in [9.17, 15) is 4.79 Å². The molecule has 0 spiro atoms. The van der Waals surface area contributed by atoms with Crippen molar-refractivity contribution in [2.24, 2.45) is 10.8 Å². The average molecular weight is 255 g/mol. The zero-order valence-electron chi connectivity index (χ0n) is 13.0. The van der Waals surface area contributed by atoms with E-state index in [0.717, 1.165) is 19.3 Å². The topological polar surface area (TPSA) is 38.3 Å². The van der Waals surface area contributed by atoms with Gasteiger partial charge >= 0.3 is 0 Å². The monoisotopic (exact) mass is 255 g/mol. The van der Waals surface area contributed by atoms with Crippen LogP contribution in [-0.4, -0.2) is 24.7 Å². The van der Waals surface area contributed by atoms with Gasteiger partial charge in [-0.1, -0.05) is 41.5 Å². The van der Waals surface area contributed by atoms with E-state index in [0.29, 0.717) is 0 Å². The molecule has 0 aliphatic heterocycles. The van der Waals surface area contributed by atoms with Gasteiger partial charge in [0, 0.05) is 13.2 Å². The van der Waals surface area contributed by atoms with Crippen LogP contribution in [0.1, 0.15) is 60.8 Å². The summed E-state index contributed by atoms with van der Waals surface area (Å²) in [5.74, 6) is 0.0612. The highest BCUT2D eigenvalue weighted by Crippen LogP contribution is 2.38. The van der Waals surface area contributed by atoms with E-state index in [1.54, 1.807) is 7.11 Å². The van der Waals surface area contributed by atoms with Crippen LogP contribution < -0.4 is 5.32 Å². The predicted molar refractivity (Wildman–Crippen MR) is 74.4 cm³/mol. The van der Waals surface area contributed by atoms with Gasteiger partial charge in [0.2, 0.25) is 0 Å². The van der Waals surface area contributed by atoms with Crippen LogP contribution in [0.5, 0.6) is 0 Å². The van der Waals surface area contributed by atoms with Gasteiger partial charge in [0.15, 0.2) is 0 Å². The third-order valence-electron chi connectivity index (χ3n) is 3.97. The summed E-state index contributed by atoms with van der Waals surface area (Å²) in [6.45, 7) is 13.0. The third-order valence-corrected chi connectivity index (χ3v) is 3.97. The highest BCUT2D eigenvalue weighted by atomic mass is 16.5. The van der Waals surface area contributed by atoms with E-state index in [4.69, 9.17) is 4.74 Å². The van der Waals surface area contributed by atoms with Crippen LogP contribution in [0.4, 0.5) is 0 Å². The molecule has 0 aromatic rings. The van der Waals surface area contributed by atoms with Crippen molar-refractivity contribution in [1.29, 1.82) is 0 Å². The smallest absolute Gasteiger partial charge is 0.252 e. The maximum absolute atomic E-state index is 12.4. The van der Waals surface area contributed by atoms with E-state index in [2.05, 4.69) is 46.9 Å². The van der Waals surface area contributed by atoms with Gasteiger partial charge in [-0.25, -0.2) is 0 Å². The molecule has 1 fully saturated rings. The number of hydrogen-bond acceptors (Lipinski definition) is 2. The Labute approximate surface area is 112 Å². The zero-order valence-corrected chi connectivity index (χ0v) is 13.0. The molecule has 0 atom stereocenters. The fraction of sp³-hybridized carbons (Fsp3) is 0.933. The molecule has 1 saturated carbocycles. The van der Waals surface area contributed by atoms with Gasteiger partial charge in [0.1, 0.15) is 5.60 Å². The lowest BCUT2D eigenvalue weighted by atomic mass is 9.71. The first-order valence-electron chi connectivity index (χ1n) is 6.89. The van der Waals surface area contributed by atoms with Crippen molar-refractivity contribution >= 4 is 5.91 Å². The molecule has 3 nitrogen and oxygen atoms in total. The molecule has 0 aromatic heterocycles. The summed E-state index contributed by atoms with van der Waals surface area (Å²) < 4.78 is 5.45. The molecule has 0 heterocycles. The maximum atomic E-state index is 12.4. The Hall–Kier alpha value is -0.570. The van der Waals surface area contributed by atoms with Gasteiger partial charge in [0.25, 0.3) is 5.91 Å². The molecule has 18 heavy (non-hydrogen) atoms. The zero-order chi connectivity index (χ0) is 14.2.